The smallest absolute Gasteiger partial charge is 0.326 e. The number of ketones is 1. The van der Waals surface area contributed by atoms with E-state index in [1.165, 1.54) is 6.92 Å². The van der Waals surface area contributed by atoms with Crippen LogP contribution < -0.4 is 0 Å². The number of aliphatic imine (C=N–C) groups is 1. The van der Waals surface area contributed by atoms with E-state index < -0.39 is 5.60 Å². The highest BCUT2D eigenvalue weighted by molar-refractivity contribution is 6.08. The first kappa shape index (κ1) is 22.2. The van der Waals surface area contributed by atoms with Crippen molar-refractivity contribution in [2.75, 3.05) is 0 Å². The van der Waals surface area contributed by atoms with Gasteiger partial charge in [0.1, 0.15) is 12.1 Å². The molecule has 7 heteroatoms. The zero-order valence-corrected chi connectivity index (χ0v) is 18.9. The summed E-state index contributed by atoms with van der Waals surface area (Å²) in [6, 6.07) is 7.69. The summed E-state index contributed by atoms with van der Waals surface area (Å²) < 4.78 is 8.88. The molecule has 0 fully saturated rings. The summed E-state index contributed by atoms with van der Waals surface area (Å²) in [5.74, 6) is 0.247. The van der Waals surface area contributed by atoms with Crippen molar-refractivity contribution in [3.05, 3.63) is 47.3 Å². The Hall–Kier alpha value is -3.48. The third-order valence-corrected chi connectivity index (χ3v) is 4.75. The van der Waals surface area contributed by atoms with Crippen molar-refractivity contribution in [2.45, 2.75) is 53.7 Å². The molecule has 3 aromatic rings. The quantitative estimate of drug-likeness (QED) is 0.318. The van der Waals surface area contributed by atoms with Gasteiger partial charge in [0.05, 0.1) is 5.69 Å². The summed E-state index contributed by atoms with van der Waals surface area (Å²) in [6.45, 7) is 14.5. The van der Waals surface area contributed by atoms with Gasteiger partial charge in [0.15, 0.2) is 11.6 Å². The predicted molar refractivity (Wildman–Crippen MR) is 124 cm³/mol. The standard InChI is InChI=1S/C24H28N4O3/c1-15(12-28-22(25-7)10-16(2)26-28)18-8-9-21-19(11-18)20(17(3)29)13-27(21)14-23(30)31-24(4,5)6/h8-13H,7,14H2,1-6H3/b15-12+. The third-order valence-electron chi connectivity index (χ3n) is 4.75. The van der Waals surface area contributed by atoms with Gasteiger partial charge in [0.25, 0.3) is 0 Å². The van der Waals surface area contributed by atoms with Crippen molar-refractivity contribution in [3.8, 4) is 0 Å². The highest BCUT2D eigenvalue weighted by Gasteiger charge is 2.19. The number of aryl methyl sites for hydroxylation is 1. The number of hydrogen-bond acceptors (Lipinski definition) is 5. The van der Waals surface area contributed by atoms with Crippen molar-refractivity contribution in [1.29, 1.82) is 0 Å². The minimum absolute atomic E-state index is 0.0378. The summed E-state index contributed by atoms with van der Waals surface area (Å²) in [4.78, 5) is 28.6. The molecule has 0 spiro atoms. The molecule has 2 heterocycles. The van der Waals surface area contributed by atoms with Crippen LogP contribution in [0.4, 0.5) is 5.82 Å². The van der Waals surface area contributed by atoms with Gasteiger partial charge in [-0.1, -0.05) is 6.07 Å². The number of allylic oxidation sites excluding steroid dienone is 1. The van der Waals surface area contributed by atoms with Crippen molar-refractivity contribution < 1.29 is 14.3 Å². The molecule has 1 aromatic carbocycles. The molecule has 0 bridgehead atoms. The Kier molecular flexibility index (Phi) is 5.97. The first-order valence-electron chi connectivity index (χ1n) is 10.1. The summed E-state index contributed by atoms with van der Waals surface area (Å²) in [6.07, 6.45) is 3.60. The number of hydrogen-bond donors (Lipinski definition) is 0. The van der Waals surface area contributed by atoms with Crippen LogP contribution in [-0.4, -0.2) is 38.4 Å². The van der Waals surface area contributed by atoms with Crippen LogP contribution in [0.25, 0.3) is 22.7 Å². The van der Waals surface area contributed by atoms with Crippen LogP contribution in [0.3, 0.4) is 0 Å². The topological polar surface area (TPSA) is 78.5 Å². The van der Waals surface area contributed by atoms with Crippen LogP contribution in [-0.2, 0) is 16.1 Å². The molecule has 31 heavy (non-hydrogen) atoms. The van der Waals surface area contributed by atoms with Crippen molar-refractivity contribution in [2.24, 2.45) is 4.99 Å². The molecule has 0 atom stereocenters. The van der Waals surface area contributed by atoms with Crippen LogP contribution in [0.15, 0.2) is 35.5 Å². The van der Waals surface area contributed by atoms with Gasteiger partial charge in [-0.3, -0.25) is 9.59 Å². The SMILES string of the molecule is C=Nc1cc(C)nn1/C=C(\C)c1ccc2c(c1)c(C(C)=O)cn2CC(=O)OC(C)(C)C. The lowest BCUT2D eigenvalue weighted by Crippen LogP contribution is -2.26. The number of Topliss-reactive ketones (excluding diaryl/α,β-unsaturated/α-hetero) is 1. The Labute approximate surface area is 182 Å². The van der Waals surface area contributed by atoms with Gasteiger partial charge < -0.3 is 9.30 Å². The lowest BCUT2D eigenvalue weighted by atomic mass is 10.0. The van der Waals surface area contributed by atoms with Gasteiger partial charge >= 0.3 is 5.97 Å². The fourth-order valence-corrected chi connectivity index (χ4v) is 3.44. The van der Waals surface area contributed by atoms with Crippen molar-refractivity contribution >= 4 is 47.0 Å². The van der Waals surface area contributed by atoms with E-state index in [0.29, 0.717) is 11.4 Å². The van der Waals surface area contributed by atoms with Crippen molar-refractivity contribution in [3.63, 3.8) is 0 Å². The summed E-state index contributed by atoms with van der Waals surface area (Å²) >= 11 is 0. The molecule has 162 valence electrons. The second-order valence-corrected chi connectivity index (χ2v) is 8.60. The molecule has 0 saturated heterocycles. The molecule has 0 saturated carbocycles. The zero-order chi connectivity index (χ0) is 22.9. The first-order chi connectivity index (χ1) is 14.5. The maximum atomic E-state index is 12.3. The number of benzene rings is 1. The number of carbonyl (C=O) groups is 2. The minimum Gasteiger partial charge on any atom is -0.459 e. The average Bonchev–Trinajstić information content (AvgIpc) is 3.19. The lowest BCUT2D eigenvalue weighted by Gasteiger charge is -2.19. The van der Waals surface area contributed by atoms with Gasteiger partial charge in [-0.05, 0) is 71.5 Å². The molecule has 0 aliphatic heterocycles. The Morgan fingerprint density at radius 2 is 1.94 bits per heavy atom. The number of aromatic nitrogens is 3. The summed E-state index contributed by atoms with van der Waals surface area (Å²) in [7, 11) is 0. The van der Waals surface area contributed by atoms with Gasteiger partial charge in [-0.25, -0.2) is 9.67 Å². The molecule has 0 N–H and O–H groups in total. The van der Waals surface area contributed by atoms with Crippen LogP contribution in [0.1, 0.15) is 56.2 Å². The van der Waals surface area contributed by atoms with E-state index in [4.69, 9.17) is 4.74 Å². The van der Waals surface area contributed by atoms with Crippen LogP contribution >= 0.6 is 0 Å². The molecular formula is C24H28N4O3. The molecule has 3 rings (SSSR count). The second kappa shape index (κ2) is 8.34. The van der Waals surface area contributed by atoms with E-state index >= 15 is 0 Å². The second-order valence-electron chi connectivity index (χ2n) is 8.60. The maximum Gasteiger partial charge on any atom is 0.326 e. The van der Waals surface area contributed by atoms with E-state index in [9.17, 15) is 9.59 Å². The Bertz CT molecular complexity index is 1210. The fraction of sp³-hybridized carbons (Fsp3) is 0.333. The van der Waals surface area contributed by atoms with E-state index in [1.54, 1.807) is 15.4 Å². The van der Waals surface area contributed by atoms with E-state index in [2.05, 4.69) is 16.8 Å². The monoisotopic (exact) mass is 420 g/mol. The zero-order valence-electron chi connectivity index (χ0n) is 18.9. The molecule has 2 aromatic heterocycles. The summed E-state index contributed by atoms with van der Waals surface area (Å²) in [5, 5.41) is 5.21. The number of carbonyl (C=O) groups excluding carboxylic acids is 2. The van der Waals surface area contributed by atoms with Gasteiger partial charge in [-0.2, -0.15) is 5.10 Å². The molecule has 0 unspecified atom stereocenters. The highest BCUT2D eigenvalue weighted by Crippen LogP contribution is 2.28. The summed E-state index contributed by atoms with van der Waals surface area (Å²) in [5.41, 5.74) is 3.53. The predicted octanol–water partition coefficient (Wildman–Crippen LogP) is 5.04. The Morgan fingerprint density at radius 1 is 1.23 bits per heavy atom. The van der Waals surface area contributed by atoms with Gasteiger partial charge in [-0.15, -0.1) is 0 Å². The van der Waals surface area contributed by atoms with Crippen LogP contribution in [0, 0.1) is 6.92 Å². The number of rotatable bonds is 6. The maximum absolute atomic E-state index is 12.3. The lowest BCUT2D eigenvalue weighted by molar-refractivity contribution is -0.155. The number of ether oxygens (including phenoxy) is 1. The molecule has 0 amide bonds. The Morgan fingerprint density at radius 3 is 2.55 bits per heavy atom. The first-order valence-corrected chi connectivity index (χ1v) is 10.1. The minimum atomic E-state index is -0.567. The van der Waals surface area contributed by atoms with Gasteiger partial charge in [0, 0.05) is 34.9 Å². The third kappa shape index (κ3) is 4.99. The number of fused-ring (bicyclic) bond motifs is 1. The normalized spacial score (nSPS) is 12.3. The molecular weight excluding hydrogens is 392 g/mol. The number of nitrogens with zero attached hydrogens (tertiary/aromatic N) is 4. The molecule has 7 nitrogen and oxygen atoms in total. The molecule has 0 radical (unpaired) electrons. The van der Waals surface area contributed by atoms with E-state index in [0.717, 1.165) is 27.7 Å². The van der Waals surface area contributed by atoms with Crippen molar-refractivity contribution in [1.82, 2.24) is 14.3 Å². The highest BCUT2D eigenvalue weighted by atomic mass is 16.6. The average molecular weight is 421 g/mol. The van der Waals surface area contributed by atoms with Gasteiger partial charge in [0.2, 0.25) is 0 Å². The van der Waals surface area contributed by atoms with Crippen LogP contribution in [0.5, 0.6) is 0 Å². The number of esters is 1. The van der Waals surface area contributed by atoms with E-state index in [1.807, 2.05) is 65.1 Å². The molecule has 0 aliphatic rings. The van der Waals surface area contributed by atoms with Crippen LogP contribution in [0.2, 0.25) is 0 Å². The molecule has 0 aliphatic carbocycles. The fourth-order valence-electron chi connectivity index (χ4n) is 3.44. The van der Waals surface area contributed by atoms with E-state index in [-0.39, 0.29) is 18.3 Å². The largest absolute Gasteiger partial charge is 0.459 e. The Balaban J connectivity index is 2.02.